The van der Waals surface area contributed by atoms with Crippen molar-refractivity contribution in [2.45, 2.75) is 72.1 Å². The number of nitrogens with zero attached hydrogens (tertiary/aromatic N) is 2. The zero-order valence-corrected chi connectivity index (χ0v) is 17.8. The van der Waals surface area contributed by atoms with E-state index in [4.69, 9.17) is 4.74 Å². The number of fused-ring (bicyclic) bond motifs is 1. The number of benzene rings is 1. The molecule has 0 bridgehead atoms. The van der Waals surface area contributed by atoms with Crippen LogP contribution < -0.4 is 15.4 Å². The Bertz CT molecular complexity index is 892. The molecule has 1 aliphatic rings. The van der Waals surface area contributed by atoms with Crippen LogP contribution in [0.5, 0.6) is 5.75 Å². The van der Waals surface area contributed by atoms with Gasteiger partial charge in [0.2, 0.25) is 0 Å². The number of amides is 2. The van der Waals surface area contributed by atoms with Gasteiger partial charge in [0.05, 0.1) is 11.8 Å². The molecule has 7 heteroatoms. The van der Waals surface area contributed by atoms with E-state index in [2.05, 4.69) is 15.6 Å². The molecule has 1 aliphatic heterocycles. The van der Waals surface area contributed by atoms with E-state index >= 15 is 0 Å². The Balaban J connectivity index is 1.82. The van der Waals surface area contributed by atoms with Gasteiger partial charge in [0.15, 0.2) is 11.5 Å². The fourth-order valence-corrected chi connectivity index (χ4v) is 3.37. The summed E-state index contributed by atoms with van der Waals surface area (Å²) < 4.78 is 7.52. The van der Waals surface area contributed by atoms with Crippen LogP contribution in [0.3, 0.4) is 0 Å². The molecule has 3 rings (SSSR count). The minimum Gasteiger partial charge on any atom is -0.491 e. The highest BCUT2D eigenvalue weighted by Crippen LogP contribution is 2.23. The van der Waals surface area contributed by atoms with Crippen LogP contribution in [0, 0.1) is 0 Å². The number of rotatable bonds is 5. The minimum atomic E-state index is -0.375. The standard InChI is InChI=1S/C22H30N4O3/c1-14(2)29-16-11-9-15(10-12-16)23-20(27)18-17-8-6-7-13-26(17)19(24-18)21(28)25-22(3,4)5/h9-12,14H,6-8,13H2,1-5H3,(H,23,27)(H,25,28). The van der Waals surface area contributed by atoms with E-state index in [0.717, 1.165) is 30.7 Å². The molecule has 0 radical (unpaired) electrons. The van der Waals surface area contributed by atoms with Crippen molar-refractivity contribution in [2.75, 3.05) is 5.32 Å². The monoisotopic (exact) mass is 398 g/mol. The van der Waals surface area contributed by atoms with Gasteiger partial charge in [0, 0.05) is 17.8 Å². The van der Waals surface area contributed by atoms with Crippen molar-refractivity contribution in [3.8, 4) is 5.75 Å². The van der Waals surface area contributed by atoms with Crippen molar-refractivity contribution < 1.29 is 14.3 Å². The van der Waals surface area contributed by atoms with Gasteiger partial charge in [-0.1, -0.05) is 0 Å². The van der Waals surface area contributed by atoms with Crippen LogP contribution in [0.25, 0.3) is 0 Å². The molecule has 0 spiro atoms. The number of aromatic nitrogens is 2. The molecular weight excluding hydrogens is 368 g/mol. The third kappa shape index (κ3) is 5.16. The first-order chi connectivity index (χ1) is 13.6. The second-order valence-electron chi connectivity index (χ2n) is 8.69. The van der Waals surface area contributed by atoms with Crippen LogP contribution in [0.15, 0.2) is 24.3 Å². The number of hydrogen-bond acceptors (Lipinski definition) is 4. The molecule has 1 aromatic heterocycles. The summed E-state index contributed by atoms with van der Waals surface area (Å²) >= 11 is 0. The molecule has 0 aliphatic carbocycles. The van der Waals surface area contributed by atoms with Crippen LogP contribution in [0.4, 0.5) is 5.69 Å². The van der Waals surface area contributed by atoms with E-state index in [1.54, 1.807) is 12.1 Å². The number of anilines is 1. The SMILES string of the molecule is CC(C)Oc1ccc(NC(=O)c2nc(C(=O)NC(C)(C)C)n3c2CCCC3)cc1. The lowest BCUT2D eigenvalue weighted by atomic mass is 10.1. The van der Waals surface area contributed by atoms with Gasteiger partial charge in [-0.25, -0.2) is 4.98 Å². The van der Waals surface area contributed by atoms with Crippen molar-refractivity contribution in [2.24, 2.45) is 0 Å². The average molecular weight is 399 g/mol. The van der Waals surface area contributed by atoms with Crippen LogP contribution in [-0.2, 0) is 13.0 Å². The topological polar surface area (TPSA) is 85.2 Å². The molecule has 2 aromatic rings. The van der Waals surface area contributed by atoms with Crippen molar-refractivity contribution in [1.82, 2.24) is 14.9 Å². The van der Waals surface area contributed by atoms with Gasteiger partial charge in [-0.2, -0.15) is 0 Å². The lowest BCUT2D eigenvalue weighted by molar-refractivity contribution is 0.0903. The number of nitrogens with one attached hydrogen (secondary N) is 2. The van der Waals surface area contributed by atoms with E-state index < -0.39 is 0 Å². The van der Waals surface area contributed by atoms with Crippen LogP contribution in [0.1, 0.15) is 74.3 Å². The van der Waals surface area contributed by atoms with Gasteiger partial charge in [0.25, 0.3) is 11.8 Å². The second kappa shape index (κ2) is 8.27. The summed E-state index contributed by atoms with van der Waals surface area (Å²) in [5.74, 6) is 0.497. The minimum absolute atomic E-state index is 0.0881. The summed E-state index contributed by atoms with van der Waals surface area (Å²) in [4.78, 5) is 30.1. The lowest BCUT2D eigenvalue weighted by Crippen LogP contribution is -2.42. The molecule has 2 heterocycles. The number of ether oxygens (including phenoxy) is 1. The summed E-state index contributed by atoms with van der Waals surface area (Å²) in [6.07, 6.45) is 2.77. The Morgan fingerprint density at radius 1 is 1.10 bits per heavy atom. The first kappa shape index (κ1) is 20.9. The van der Waals surface area contributed by atoms with Crippen LogP contribution in [0.2, 0.25) is 0 Å². The van der Waals surface area contributed by atoms with Gasteiger partial charge in [-0.3, -0.25) is 9.59 Å². The average Bonchev–Trinajstić information content (AvgIpc) is 3.01. The second-order valence-corrected chi connectivity index (χ2v) is 8.69. The van der Waals surface area contributed by atoms with E-state index in [1.165, 1.54) is 0 Å². The summed E-state index contributed by atoms with van der Waals surface area (Å²) in [5, 5.41) is 5.83. The quantitative estimate of drug-likeness (QED) is 0.802. The molecule has 0 unspecified atom stereocenters. The predicted molar refractivity (Wildman–Crippen MR) is 113 cm³/mol. The molecule has 156 valence electrons. The fraction of sp³-hybridized carbons (Fsp3) is 0.500. The highest BCUT2D eigenvalue weighted by molar-refractivity contribution is 6.05. The summed E-state index contributed by atoms with van der Waals surface area (Å²) in [6, 6.07) is 7.23. The van der Waals surface area contributed by atoms with Crippen molar-refractivity contribution in [1.29, 1.82) is 0 Å². The van der Waals surface area contributed by atoms with Crippen LogP contribution in [-0.4, -0.2) is 33.0 Å². The molecule has 7 nitrogen and oxygen atoms in total. The van der Waals surface area contributed by atoms with Crippen LogP contribution >= 0.6 is 0 Å². The Labute approximate surface area is 171 Å². The number of imidazole rings is 1. The first-order valence-electron chi connectivity index (χ1n) is 10.1. The maximum atomic E-state index is 12.9. The van der Waals surface area contributed by atoms with E-state index in [-0.39, 0.29) is 23.5 Å². The maximum Gasteiger partial charge on any atom is 0.287 e. The molecule has 2 amide bonds. The molecule has 29 heavy (non-hydrogen) atoms. The van der Waals surface area contributed by atoms with Gasteiger partial charge in [0.1, 0.15) is 5.75 Å². The molecule has 0 atom stereocenters. The number of carbonyl (C=O) groups excluding carboxylic acids is 2. The molecule has 2 N–H and O–H groups in total. The normalized spacial score (nSPS) is 13.7. The largest absolute Gasteiger partial charge is 0.491 e. The Morgan fingerprint density at radius 2 is 1.79 bits per heavy atom. The van der Waals surface area contributed by atoms with E-state index in [9.17, 15) is 9.59 Å². The van der Waals surface area contributed by atoms with E-state index in [0.29, 0.717) is 23.8 Å². The summed E-state index contributed by atoms with van der Waals surface area (Å²) in [6.45, 7) is 10.4. The maximum absolute atomic E-state index is 12.9. The van der Waals surface area contributed by atoms with Gasteiger partial charge < -0.3 is 19.9 Å². The third-order valence-electron chi connectivity index (χ3n) is 4.51. The predicted octanol–water partition coefficient (Wildman–Crippen LogP) is 3.79. The molecule has 0 fully saturated rings. The number of carbonyl (C=O) groups is 2. The highest BCUT2D eigenvalue weighted by atomic mass is 16.5. The third-order valence-corrected chi connectivity index (χ3v) is 4.51. The smallest absolute Gasteiger partial charge is 0.287 e. The van der Waals surface area contributed by atoms with Crippen molar-refractivity contribution in [3.63, 3.8) is 0 Å². The molecule has 1 aromatic carbocycles. The van der Waals surface area contributed by atoms with Crippen molar-refractivity contribution >= 4 is 17.5 Å². The zero-order valence-electron chi connectivity index (χ0n) is 17.8. The lowest BCUT2D eigenvalue weighted by Gasteiger charge is -2.22. The zero-order chi connectivity index (χ0) is 21.2. The Morgan fingerprint density at radius 3 is 2.41 bits per heavy atom. The molecular formula is C22H30N4O3. The van der Waals surface area contributed by atoms with Crippen molar-refractivity contribution in [3.05, 3.63) is 41.5 Å². The van der Waals surface area contributed by atoms with Gasteiger partial charge in [-0.15, -0.1) is 0 Å². The fourth-order valence-electron chi connectivity index (χ4n) is 3.37. The molecule has 0 saturated heterocycles. The Kier molecular flexibility index (Phi) is 5.96. The molecule has 0 saturated carbocycles. The number of hydrogen-bond donors (Lipinski definition) is 2. The van der Waals surface area contributed by atoms with Gasteiger partial charge in [-0.05, 0) is 78.1 Å². The summed E-state index contributed by atoms with van der Waals surface area (Å²) in [7, 11) is 0. The van der Waals surface area contributed by atoms with E-state index in [1.807, 2.05) is 51.3 Å². The Hall–Kier alpha value is -2.83. The highest BCUT2D eigenvalue weighted by Gasteiger charge is 2.29. The van der Waals surface area contributed by atoms with Gasteiger partial charge >= 0.3 is 0 Å². The first-order valence-corrected chi connectivity index (χ1v) is 10.1. The summed E-state index contributed by atoms with van der Waals surface area (Å²) in [5.41, 5.74) is 1.43.